The highest BCUT2D eigenvalue weighted by molar-refractivity contribution is 7.79. The number of hydrogen-bond acceptors (Lipinski definition) is 9. The molecule has 3 aliphatic rings. The van der Waals surface area contributed by atoms with Gasteiger partial charge in [-0.2, -0.15) is 8.42 Å². The van der Waals surface area contributed by atoms with Crippen molar-refractivity contribution >= 4 is 22.0 Å². The van der Waals surface area contributed by atoms with Crippen LogP contribution in [-0.4, -0.2) is 120 Å². The van der Waals surface area contributed by atoms with Gasteiger partial charge in [0.25, 0.3) is 0 Å². The maximum Gasteiger partial charge on any atom is 0.394 e. The van der Waals surface area contributed by atoms with Gasteiger partial charge in [0.1, 0.15) is 5.82 Å². The molecule has 0 radical (unpaired) electrons. The van der Waals surface area contributed by atoms with Gasteiger partial charge in [0.05, 0.1) is 43.8 Å². The number of aromatic nitrogens is 1. The number of aliphatic hydroxyl groups excluding tert-OH is 1. The molecule has 4 atom stereocenters. The van der Waals surface area contributed by atoms with Crippen LogP contribution in [0.3, 0.4) is 0 Å². The summed E-state index contributed by atoms with van der Waals surface area (Å²) in [6, 6.07) is 8.93. The second kappa shape index (κ2) is 14.3. The second-order valence-corrected chi connectivity index (χ2v) is 13.4. The number of aliphatic hydroxyl groups is 1. The third kappa shape index (κ3) is 8.57. The van der Waals surface area contributed by atoms with Crippen LogP contribution < -0.4 is 10.2 Å². The number of benzene rings is 1. The van der Waals surface area contributed by atoms with Crippen LogP contribution in [0.4, 0.5) is 10.1 Å². The molecule has 4 heterocycles. The van der Waals surface area contributed by atoms with Crippen molar-refractivity contribution in [2.45, 2.75) is 63.7 Å². The summed E-state index contributed by atoms with van der Waals surface area (Å²) in [5.74, 6) is -0.283. The molecule has 1 aromatic carbocycles. The topological polar surface area (TPSA) is 156 Å². The van der Waals surface area contributed by atoms with Gasteiger partial charge in [-0.1, -0.05) is 26.0 Å². The van der Waals surface area contributed by atoms with Gasteiger partial charge in [0.2, 0.25) is 5.91 Å². The van der Waals surface area contributed by atoms with Crippen molar-refractivity contribution in [3.8, 4) is 0 Å². The van der Waals surface area contributed by atoms with E-state index in [4.69, 9.17) is 27.2 Å². The summed E-state index contributed by atoms with van der Waals surface area (Å²) >= 11 is 0. The number of morpholine rings is 1. The third-order valence-corrected chi connectivity index (χ3v) is 8.72. The number of carbonyl (C=O) groups is 1. The first-order chi connectivity index (χ1) is 20.7. The quantitative estimate of drug-likeness (QED) is 0.327. The van der Waals surface area contributed by atoms with Crippen molar-refractivity contribution in [2.75, 3.05) is 57.4 Å². The van der Waals surface area contributed by atoms with E-state index < -0.39 is 21.9 Å². The van der Waals surface area contributed by atoms with Crippen LogP contribution in [0.2, 0.25) is 0 Å². The number of pyridine rings is 1. The molecule has 0 aliphatic carbocycles. The fourth-order valence-corrected chi connectivity index (χ4v) is 6.33. The summed E-state index contributed by atoms with van der Waals surface area (Å²) in [4.78, 5) is 25.4. The van der Waals surface area contributed by atoms with Crippen LogP contribution in [0.1, 0.15) is 44.5 Å². The average molecular weight is 638 g/mol. The molecule has 0 spiro atoms. The molecule has 44 heavy (non-hydrogen) atoms. The van der Waals surface area contributed by atoms with Gasteiger partial charge in [-0.3, -0.25) is 28.7 Å². The van der Waals surface area contributed by atoms with Gasteiger partial charge < -0.3 is 20.1 Å². The monoisotopic (exact) mass is 637 g/mol. The van der Waals surface area contributed by atoms with Gasteiger partial charge in [0.15, 0.2) is 0 Å². The number of fused-ring (bicyclic) bond motifs is 1. The van der Waals surface area contributed by atoms with Crippen molar-refractivity contribution < 1.29 is 36.6 Å². The lowest BCUT2D eigenvalue weighted by atomic mass is 9.83. The highest BCUT2D eigenvalue weighted by Gasteiger charge is 2.48. The maximum atomic E-state index is 14.1. The first-order valence-corrected chi connectivity index (χ1v) is 16.2. The molecule has 1 amide bonds. The number of amides is 1. The molecule has 2 saturated heterocycles. The van der Waals surface area contributed by atoms with E-state index in [0.717, 1.165) is 61.9 Å². The van der Waals surface area contributed by atoms with E-state index in [1.165, 1.54) is 12.1 Å². The molecule has 5 rings (SSSR count). The lowest BCUT2D eigenvalue weighted by molar-refractivity contribution is -0.121. The molecule has 0 bridgehead atoms. The molecule has 14 heteroatoms. The zero-order valence-electron chi connectivity index (χ0n) is 25.7. The molecular weight excluding hydrogens is 593 g/mol. The van der Waals surface area contributed by atoms with Crippen LogP contribution >= 0.6 is 0 Å². The van der Waals surface area contributed by atoms with Gasteiger partial charge >= 0.3 is 10.4 Å². The summed E-state index contributed by atoms with van der Waals surface area (Å²) in [6.45, 7) is 13.4. The smallest absolute Gasteiger partial charge is 0.394 e. The van der Waals surface area contributed by atoms with Crippen LogP contribution in [0.25, 0.3) is 0 Å². The van der Waals surface area contributed by atoms with Gasteiger partial charge in [-0.25, -0.2) is 4.39 Å². The Kier molecular flexibility index (Phi) is 11.1. The summed E-state index contributed by atoms with van der Waals surface area (Å²) < 4.78 is 50.6. The van der Waals surface area contributed by atoms with E-state index >= 15 is 0 Å². The van der Waals surface area contributed by atoms with Crippen LogP contribution in [0.15, 0.2) is 36.5 Å². The first-order valence-electron chi connectivity index (χ1n) is 14.8. The van der Waals surface area contributed by atoms with E-state index in [9.17, 15) is 14.3 Å². The number of ether oxygens (including phenoxy) is 1. The van der Waals surface area contributed by atoms with E-state index in [2.05, 4.69) is 29.0 Å². The van der Waals surface area contributed by atoms with Crippen LogP contribution in [0, 0.1) is 5.82 Å². The van der Waals surface area contributed by atoms with Crippen LogP contribution in [-0.2, 0) is 31.8 Å². The predicted octanol–water partition coefficient (Wildman–Crippen LogP) is 1.53. The second-order valence-electron chi connectivity index (χ2n) is 12.5. The predicted molar refractivity (Wildman–Crippen MR) is 164 cm³/mol. The molecule has 3 aliphatic heterocycles. The van der Waals surface area contributed by atoms with Crippen molar-refractivity contribution in [3.63, 3.8) is 0 Å². The van der Waals surface area contributed by atoms with Gasteiger partial charge in [-0.15, -0.1) is 0 Å². The lowest BCUT2D eigenvalue weighted by Gasteiger charge is -2.44. The van der Waals surface area contributed by atoms with E-state index in [1.807, 2.05) is 26.1 Å². The number of halogens is 1. The highest BCUT2D eigenvalue weighted by atomic mass is 32.3. The minimum absolute atomic E-state index is 0.0178. The number of piperazine rings is 1. The first kappa shape index (κ1) is 34.3. The fourth-order valence-electron chi connectivity index (χ4n) is 6.33. The average Bonchev–Trinajstić information content (AvgIpc) is 3.17. The normalized spacial score (nSPS) is 25.7. The SMILES string of the molecule is C[C@@H]1CN(CC(=O)N2c3cc(Cc4ccc(F)cc4)cnc3C(C)(C)C2CO)[C@@H](CN2CCOC[C@H]2C)CN1.O=S(=O)(O)O. The van der Waals surface area contributed by atoms with Crippen molar-refractivity contribution in [3.05, 3.63) is 59.2 Å². The van der Waals surface area contributed by atoms with Crippen LogP contribution in [0.5, 0.6) is 0 Å². The molecule has 0 saturated carbocycles. The minimum atomic E-state index is -4.67. The minimum Gasteiger partial charge on any atom is -0.394 e. The number of nitrogens with one attached hydrogen (secondary N) is 1. The van der Waals surface area contributed by atoms with Gasteiger partial charge in [-0.05, 0) is 49.6 Å². The Labute approximate surface area is 258 Å². The largest absolute Gasteiger partial charge is 0.394 e. The Morgan fingerprint density at radius 3 is 2.48 bits per heavy atom. The number of nitrogens with zero attached hydrogens (tertiary/aromatic N) is 4. The molecule has 244 valence electrons. The Balaban J connectivity index is 0.000000818. The number of hydrogen-bond donors (Lipinski definition) is 4. The van der Waals surface area contributed by atoms with Crippen molar-refractivity contribution in [2.24, 2.45) is 0 Å². The third-order valence-electron chi connectivity index (χ3n) is 8.72. The molecule has 1 aromatic heterocycles. The molecule has 1 unspecified atom stereocenters. The Hall–Kier alpha value is -2.56. The number of carbonyl (C=O) groups excluding carboxylic acids is 1. The van der Waals surface area contributed by atoms with Crippen molar-refractivity contribution in [1.82, 2.24) is 20.1 Å². The maximum absolute atomic E-state index is 14.1. The van der Waals surface area contributed by atoms with Gasteiger partial charge in [0, 0.05) is 55.9 Å². The molecule has 2 aromatic rings. The Bertz CT molecular complexity index is 1390. The van der Waals surface area contributed by atoms with E-state index in [-0.39, 0.29) is 37.0 Å². The zero-order valence-corrected chi connectivity index (χ0v) is 26.5. The summed E-state index contributed by atoms with van der Waals surface area (Å²) in [5, 5.41) is 14.1. The Morgan fingerprint density at radius 2 is 1.84 bits per heavy atom. The molecule has 12 nitrogen and oxygen atoms in total. The summed E-state index contributed by atoms with van der Waals surface area (Å²) in [7, 11) is -4.67. The molecular formula is C30H44FN5O7S. The van der Waals surface area contributed by atoms with E-state index in [0.29, 0.717) is 12.5 Å². The zero-order chi connectivity index (χ0) is 32.2. The number of rotatable bonds is 7. The molecule has 2 fully saturated rings. The van der Waals surface area contributed by atoms with E-state index in [1.54, 1.807) is 17.0 Å². The Morgan fingerprint density at radius 1 is 1.16 bits per heavy atom. The summed E-state index contributed by atoms with van der Waals surface area (Å²) in [6.07, 6.45) is 2.42. The summed E-state index contributed by atoms with van der Waals surface area (Å²) in [5.41, 5.74) is 3.02. The highest BCUT2D eigenvalue weighted by Crippen LogP contribution is 2.44. The van der Waals surface area contributed by atoms with Crippen molar-refractivity contribution in [1.29, 1.82) is 0 Å². The fraction of sp³-hybridized carbons (Fsp3) is 0.600. The number of anilines is 1. The molecule has 4 N–H and O–H groups in total. The standard InChI is InChI=1S/C30H42FN5O3.H2O4S/c1-20-15-35(25(14-32-20)16-34-9-10-39-19-21(34)2)17-28(38)36-26-12-23(11-22-5-7-24(31)8-6-22)13-33-29(26)30(3,4)27(36)18-37;1-5(2,3)4/h5-8,12-13,20-21,25,27,32,37H,9-11,14-19H2,1-4H3;(H2,1,2,3,4)/t20-,21-,25-,27?;/m1./s1. The lowest BCUT2D eigenvalue weighted by Crippen LogP contribution is -2.62.